The molecule has 0 aliphatic heterocycles. The molecular weight excluding hydrogens is 381 g/mol. The maximum Gasteiger partial charge on any atom is 3.00 e. The monoisotopic (exact) mass is 385 g/mol. The predicted octanol–water partition coefficient (Wildman–Crippen LogP) is -2.30. The molecule has 0 fully saturated rings. The summed E-state index contributed by atoms with van der Waals surface area (Å²) in [6, 6.07) is 0. The maximum atomic E-state index is 8.52. The summed E-state index contributed by atoms with van der Waals surface area (Å²) in [6.07, 6.45) is 0. The standard InChI is InChI=1S/Lu.H3N.2H2O4S/c;;2*1-5(2,3)4/h;1H3;2*(H2,1,2,3,4)/q+3;;;/p-3. The summed E-state index contributed by atoms with van der Waals surface area (Å²) < 4.78 is 68.2. The smallest absolute Gasteiger partial charge is 0.759 e. The Morgan fingerprint density at radius 3 is 0.667 bits per heavy atom. The molecule has 84 valence electrons. The molecule has 0 aliphatic rings. The van der Waals surface area contributed by atoms with Gasteiger partial charge in [-0.05, 0) is 0 Å². The third kappa shape index (κ3) is 1240. The zero-order valence-corrected chi connectivity index (χ0v) is 8.63. The van der Waals surface area contributed by atoms with Crippen molar-refractivity contribution < 1.29 is 71.9 Å². The van der Waals surface area contributed by atoms with E-state index < -0.39 is 20.8 Å². The van der Waals surface area contributed by atoms with Crippen LogP contribution in [-0.4, -0.2) is 35.0 Å². The molecule has 0 unspecified atom stereocenters. The van der Waals surface area contributed by atoms with Crippen molar-refractivity contribution in [3.05, 3.63) is 0 Å². The average molecular weight is 385 g/mol. The van der Waals surface area contributed by atoms with Crippen LogP contribution in [0.1, 0.15) is 0 Å². The third-order valence-corrected chi connectivity index (χ3v) is 0. The van der Waals surface area contributed by atoms with Crippen molar-refractivity contribution in [3.8, 4) is 0 Å². The van der Waals surface area contributed by atoms with Crippen molar-refractivity contribution in [2.24, 2.45) is 0 Å². The molecule has 4 N–H and O–H groups in total. The number of quaternary nitrogens is 1. The molecule has 0 spiro atoms. The van der Waals surface area contributed by atoms with Gasteiger partial charge in [0.05, 0.1) is 0 Å². The first-order chi connectivity index (χ1) is 4.00. The molecule has 0 atom stereocenters. The van der Waals surface area contributed by atoms with Crippen LogP contribution in [0.5, 0.6) is 0 Å². The molecule has 0 heterocycles. The van der Waals surface area contributed by atoms with Gasteiger partial charge in [0.25, 0.3) is 0 Å². The van der Waals surface area contributed by atoms with E-state index in [1.165, 1.54) is 0 Å². The van der Waals surface area contributed by atoms with Crippen molar-refractivity contribution >= 4 is 20.8 Å². The molecule has 12 heavy (non-hydrogen) atoms. The fourth-order valence-electron chi connectivity index (χ4n) is 0. The average Bonchev–Trinajstić information content (AvgIpc) is 1.12. The Morgan fingerprint density at radius 2 is 0.667 bits per heavy atom. The summed E-state index contributed by atoms with van der Waals surface area (Å²) >= 11 is 0. The SMILES string of the molecule is O=S(=O)([O-])[O-].O=S(=O)([O-])[O-].[Lu+3].[NH4+]. The first kappa shape index (κ1) is 23.1. The van der Waals surface area contributed by atoms with E-state index in [-0.39, 0.29) is 43.0 Å². The van der Waals surface area contributed by atoms with E-state index in [4.69, 9.17) is 35.0 Å². The Morgan fingerprint density at radius 1 is 0.667 bits per heavy atom. The van der Waals surface area contributed by atoms with Crippen LogP contribution in [0.3, 0.4) is 0 Å². The van der Waals surface area contributed by atoms with Crippen molar-refractivity contribution in [3.63, 3.8) is 0 Å². The van der Waals surface area contributed by atoms with Gasteiger partial charge < -0.3 is 24.4 Å². The van der Waals surface area contributed by atoms with Crippen LogP contribution in [0.25, 0.3) is 0 Å². The van der Waals surface area contributed by atoms with Crippen molar-refractivity contribution in [2.45, 2.75) is 0 Å². The Labute approximate surface area is 98.1 Å². The van der Waals surface area contributed by atoms with Gasteiger partial charge in [-0.3, -0.25) is 16.8 Å². The molecule has 0 bridgehead atoms. The van der Waals surface area contributed by atoms with Gasteiger partial charge in [0.2, 0.25) is 0 Å². The first-order valence-electron chi connectivity index (χ1n) is 1.33. The molecule has 0 rings (SSSR count). The topological polar surface area (TPSA) is 197 Å². The van der Waals surface area contributed by atoms with E-state index in [2.05, 4.69) is 0 Å². The van der Waals surface area contributed by atoms with Crippen LogP contribution in [-0.2, 0) is 20.8 Å². The normalized spacial score (nSPS) is 9.67. The molecule has 9 nitrogen and oxygen atoms in total. The van der Waals surface area contributed by atoms with Gasteiger partial charge in [-0.1, -0.05) is 0 Å². The van der Waals surface area contributed by atoms with E-state index in [1.54, 1.807) is 0 Å². The Kier molecular flexibility index (Phi) is 16.4. The van der Waals surface area contributed by atoms with Gasteiger partial charge in [0, 0.05) is 20.8 Å². The van der Waals surface area contributed by atoms with Crippen LogP contribution in [0.15, 0.2) is 0 Å². The van der Waals surface area contributed by atoms with E-state index in [9.17, 15) is 0 Å². The van der Waals surface area contributed by atoms with Crippen LogP contribution in [0, 0.1) is 36.9 Å². The molecule has 0 amide bonds. The van der Waals surface area contributed by atoms with E-state index in [0.717, 1.165) is 0 Å². The second-order valence-electron chi connectivity index (χ2n) is 0.816. The van der Waals surface area contributed by atoms with Gasteiger partial charge >= 0.3 is 36.9 Å². The third-order valence-electron chi connectivity index (χ3n) is 0. The zero-order valence-electron chi connectivity index (χ0n) is 5.34. The summed E-state index contributed by atoms with van der Waals surface area (Å²) in [5.41, 5.74) is 0. The fourth-order valence-corrected chi connectivity index (χ4v) is 0. The van der Waals surface area contributed by atoms with E-state index in [1.807, 2.05) is 0 Å². The largest absolute Gasteiger partial charge is 3.00 e. The van der Waals surface area contributed by atoms with Gasteiger partial charge in [-0.2, -0.15) is 0 Å². The van der Waals surface area contributed by atoms with Gasteiger partial charge in [0.1, 0.15) is 0 Å². The summed E-state index contributed by atoms with van der Waals surface area (Å²) in [4.78, 5) is 0. The fraction of sp³-hybridized carbons (Fsp3) is 0. The van der Waals surface area contributed by atoms with Gasteiger partial charge in [-0.15, -0.1) is 0 Å². The molecular formula is H4LuNO8S2. The molecule has 0 aromatic heterocycles. The summed E-state index contributed by atoms with van der Waals surface area (Å²) in [5.74, 6) is 0. The van der Waals surface area contributed by atoms with Crippen molar-refractivity contribution in [1.29, 1.82) is 0 Å². The van der Waals surface area contributed by atoms with Crippen LogP contribution in [0.2, 0.25) is 0 Å². The zero-order chi connectivity index (χ0) is 9.00. The molecule has 0 aromatic carbocycles. The summed E-state index contributed by atoms with van der Waals surface area (Å²) in [5, 5.41) is 0. The van der Waals surface area contributed by atoms with Crippen molar-refractivity contribution in [1.82, 2.24) is 6.15 Å². The number of rotatable bonds is 0. The van der Waals surface area contributed by atoms with Crippen LogP contribution < -0.4 is 6.15 Å². The minimum atomic E-state index is -5.17. The molecule has 0 saturated carbocycles. The minimum absolute atomic E-state index is 0. The van der Waals surface area contributed by atoms with Crippen molar-refractivity contribution in [2.75, 3.05) is 0 Å². The van der Waals surface area contributed by atoms with Gasteiger partial charge in [-0.25, -0.2) is 0 Å². The molecule has 0 aliphatic carbocycles. The minimum Gasteiger partial charge on any atom is -0.759 e. The quantitative estimate of drug-likeness (QED) is 0.354. The molecule has 0 saturated heterocycles. The second-order valence-corrected chi connectivity index (χ2v) is 2.45. The Bertz CT molecular complexity index is 213. The van der Waals surface area contributed by atoms with Crippen LogP contribution in [0.4, 0.5) is 0 Å². The predicted molar refractivity (Wildman–Crippen MR) is 26.9 cm³/mol. The maximum absolute atomic E-state index is 8.52. The Hall–Kier alpha value is 0.934. The molecule has 0 aromatic rings. The second kappa shape index (κ2) is 8.53. The van der Waals surface area contributed by atoms with E-state index in [0.29, 0.717) is 0 Å². The molecule has 0 radical (unpaired) electrons. The first-order valence-corrected chi connectivity index (χ1v) is 4.00. The summed E-state index contributed by atoms with van der Waals surface area (Å²) in [6.45, 7) is 0. The number of hydrogen-bond acceptors (Lipinski definition) is 8. The van der Waals surface area contributed by atoms with Crippen LogP contribution >= 0.6 is 0 Å². The molecule has 12 heteroatoms. The Balaban J connectivity index is -0.0000000457. The van der Waals surface area contributed by atoms with Gasteiger partial charge in [0.15, 0.2) is 0 Å². The van der Waals surface area contributed by atoms with E-state index >= 15 is 0 Å². The summed E-state index contributed by atoms with van der Waals surface area (Å²) in [7, 11) is -10.3. The number of hydrogen-bond donors (Lipinski definition) is 1.